The molecule has 0 saturated heterocycles. The first-order chi connectivity index (χ1) is 9.44. The first-order valence-corrected chi connectivity index (χ1v) is 6.64. The zero-order chi connectivity index (χ0) is 14.8. The Bertz CT molecular complexity index is 595. The van der Waals surface area contributed by atoms with Gasteiger partial charge in [-0.2, -0.15) is 13.2 Å². The summed E-state index contributed by atoms with van der Waals surface area (Å²) >= 11 is 5.81. The molecular weight excluding hydrogens is 293 g/mol. The lowest BCUT2D eigenvalue weighted by Gasteiger charge is -2.10. The Labute approximate surface area is 119 Å². The molecule has 0 radical (unpaired) electrons. The van der Waals surface area contributed by atoms with Gasteiger partial charge in [0, 0.05) is 19.0 Å². The Hall–Kier alpha value is -1.43. The van der Waals surface area contributed by atoms with Gasteiger partial charge < -0.3 is 9.30 Å². The van der Waals surface area contributed by atoms with Crippen molar-refractivity contribution in [2.45, 2.75) is 31.4 Å². The van der Waals surface area contributed by atoms with E-state index < -0.39 is 12.6 Å². The molecule has 7 heteroatoms. The molecule has 0 fully saturated rings. The van der Waals surface area contributed by atoms with Crippen molar-refractivity contribution < 1.29 is 17.9 Å². The second-order valence-corrected chi connectivity index (χ2v) is 4.65. The molecule has 0 N–H and O–H groups in total. The molecule has 1 aromatic heterocycles. The van der Waals surface area contributed by atoms with Crippen molar-refractivity contribution in [3.8, 4) is 5.75 Å². The summed E-state index contributed by atoms with van der Waals surface area (Å²) in [6.07, 6.45) is -4.97. The number of fused-ring (bicyclic) bond motifs is 1. The highest BCUT2D eigenvalue weighted by atomic mass is 35.5. The number of imidazole rings is 1. The zero-order valence-corrected chi connectivity index (χ0v) is 11.6. The number of aromatic nitrogens is 2. The molecule has 0 aliphatic heterocycles. The maximum Gasteiger partial charge on any atom is 0.389 e. The summed E-state index contributed by atoms with van der Waals surface area (Å²) in [4.78, 5) is 4.32. The molecule has 0 spiro atoms. The van der Waals surface area contributed by atoms with E-state index in [-0.39, 0.29) is 18.8 Å². The molecule has 1 aromatic carbocycles. The van der Waals surface area contributed by atoms with Gasteiger partial charge in [0.2, 0.25) is 0 Å². The number of hydrogen-bond acceptors (Lipinski definition) is 2. The molecule has 2 aromatic rings. The molecule has 2 rings (SSSR count). The number of aryl methyl sites for hydroxylation is 1. The standard InChI is InChI=1S/C13H14ClF3N2O/c1-20-9-3-4-10-11(7-9)19(12(8-14)18-10)6-2-5-13(15,16)17/h3-4,7H,2,5-6,8H2,1H3. The van der Waals surface area contributed by atoms with Crippen LogP contribution in [-0.2, 0) is 12.4 Å². The average molecular weight is 307 g/mol. The first kappa shape index (κ1) is 15.0. The summed E-state index contributed by atoms with van der Waals surface area (Å²) in [7, 11) is 1.54. The first-order valence-electron chi connectivity index (χ1n) is 6.10. The number of benzene rings is 1. The fourth-order valence-corrected chi connectivity index (χ4v) is 2.27. The highest BCUT2D eigenvalue weighted by molar-refractivity contribution is 6.16. The largest absolute Gasteiger partial charge is 0.497 e. The summed E-state index contributed by atoms with van der Waals surface area (Å²) in [5.41, 5.74) is 1.44. The number of nitrogens with zero attached hydrogens (tertiary/aromatic N) is 2. The van der Waals surface area contributed by atoms with Crippen molar-refractivity contribution in [1.29, 1.82) is 0 Å². The van der Waals surface area contributed by atoms with Crippen molar-refractivity contribution in [1.82, 2.24) is 9.55 Å². The highest BCUT2D eigenvalue weighted by Gasteiger charge is 2.26. The van der Waals surface area contributed by atoms with Crippen molar-refractivity contribution >= 4 is 22.6 Å². The summed E-state index contributed by atoms with van der Waals surface area (Å²) in [5.74, 6) is 1.36. The van der Waals surface area contributed by atoms with Crippen molar-refractivity contribution in [3.63, 3.8) is 0 Å². The monoisotopic (exact) mass is 306 g/mol. The molecule has 0 saturated carbocycles. The van der Waals surface area contributed by atoms with Crippen LogP contribution in [0.25, 0.3) is 11.0 Å². The van der Waals surface area contributed by atoms with E-state index in [0.29, 0.717) is 17.1 Å². The van der Waals surface area contributed by atoms with Gasteiger partial charge >= 0.3 is 6.18 Å². The SMILES string of the molecule is COc1ccc2nc(CCl)n(CCCC(F)(F)F)c2c1. The van der Waals surface area contributed by atoms with Gasteiger partial charge in [0.05, 0.1) is 24.0 Å². The average Bonchev–Trinajstić information content (AvgIpc) is 2.74. The van der Waals surface area contributed by atoms with E-state index in [2.05, 4.69) is 4.98 Å². The highest BCUT2D eigenvalue weighted by Crippen LogP contribution is 2.25. The second kappa shape index (κ2) is 5.91. The van der Waals surface area contributed by atoms with Crippen LogP contribution in [0.3, 0.4) is 0 Å². The maximum atomic E-state index is 12.2. The molecule has 110 valence electrons. The molecule has 0 amide bonds. The molecular formula is C13H14ClF3N2O. The number of methoxy groups -OCH3 is 1. The number of ether oxygens (including phenoxy) is 1. The van der Waals surface area contributed by atoms with Crippen LogP contribution in [0.15, 0.2) is 18.2 Å². The third-order valence-corrected chi connectivity index (χ3v) is 3.23. The molecule has 0 aliphatic rings. The van der Waals surface area contributed by atoms with Crippen LogP contribution < -0.4 is 4.74 Å². The minimum Gasteiger partial charge on any atom is -0.497 e. The Morgan fingerprint density at radius 3 is 2.70 bits per heavy atom. The molecule has 0 aliphatic carbocycles. The van der Waals surface area contributed by atoms with Gasteiger partial charge in [0.25, 0.3) is 0 Å². The van der Waals surface area contributed by atoms with Crippen LogP contribution in [-0.4, -0.2) is 22.8 Å². The minimum absolute atomic E-state index is 0.00391. The van der Waals surface area contributed by atoms with Gasteiger partial charge in [-0.25, -0.2) is 4.98 Å². The van der Waals surface area contributed by atoms with E-state index in [1.54, 1.807) is 22.8 Å². The van der Waals surface area contributed by atoms with Crippen molar-refractivity contribution in [2.24, 2.45) is 0 Å². The smallest absolute Gasteiger partial charge is 0.389 e. The number of hydrogen-bond donors (Lipinski definition) is 0. The number of halogens is 4. The van der Waals surface area contributed by atoms with Gasteiger partial charge in [-0.1, -0.05) is 0 Å². The molecule has 0 bridgehead atoms. The van der Waals surface area contributed by atoms with Crippen LogP contribution in [0.2, 0.25) is 0 Å². The van der Waals surface area contributed by atoms with E-state index in [0.717, 1.165) is 5.52 Å². The Morgan fingerprint density at radius 1 is 1.35 bits per heavy atom. The van der Waals surface area contributed by atoms with Crippen LogP contribution in [0.4, 0.5) is 13.2 Å². The van der Waals surface area contributed by atoms with Gasteiger partial charge in [-0.3, -0.25) is 0 Å². The van der Waals surface area contributed by atoms with Gasteiger partial charge in [0.15, 0.2) is 0 Å². The van der Waals surface area contributed by atoms with Gasteiger partial charge in [0.1, 0.15) is 11.6 Å². The van der Waals surface area contributed by atoms with Crippen LogP contribution in [0, 0.1) is 0 Å². The molecule has 20 heavy (non-hydrogen) atoms. The predicted octanol–water partition coefficient (Wildman–Crippen LogP) is 4.13. The third kappa shape index (κ3) is 3.36. The Morgan fingerprint density at radius 2 is 2.10 bits per heavy atom. The zero-order valence-electron chi connectivity index (χ0n) is 10.9. The Kier molecular flexibility index (Phi) is 4.42. The summed E-state index contributed by atoms with van der Waals surface area (Å²) in [6, 6.07) is 5.28. The third-order valence-electron chi connectivity index (χ3n) is 3.00. The predicted molar refractivity (Wildman–Crippen MR) is 71.1 cm³/mol. The second-order valence-electron chi connectivity index (χ2n) is 4.39. The topological polar surface area (TPSA) is 27.1 Å². The molecule has 0 unspecified atom stereocenters. The van der Waals surface area contributed by atoms with Gasteiger partial charge in [-0.15, -0.1) is 11.6 Å². The summed E-state index contributed by atoms with van der Waals surface area (Å²) in [5, 5.41) is 0. The fourth-order valence-electron chi connectivity index (χ4n) is 2.07. The maximum absolute atomic E-state index is 12.2. The van der Waals surface area contributed by atoms with E-state index in [1.165, 1.54) is 7.11 Å². The molecule has 1 heterocycles. The number of rotatable bonds is 5. The lowest BCUT2D eigenvalue weighted by atomic mass is 10.2. The van der Waals surface area contributed by atoms with Crippen molar-refractivity contribution in [2.75, 3.05) is 7.11 Å². The van der Waals surface area contributed by atoms with Crippen molar-refractivity contribution in [3.05, 3.63) is 24.0 Å². The van der Waals surface area contributed by atoms with E-state index in [1.807, 2.05) is 0 Å². The quantitative estimate of drug-likeness (QED) is 0.777. The van der Waals surface area contributed by atoms with Crippen LogP contribution in [0.1, 0.15) is 18.7 Å². The van der Waals surface area contributed by atoms with Gasteiger partial charge in [-0.05, 0) is 18.6 Å². The minimum atomic E-state index is -4.14. The lowest BCUT2D eigenvalue weighted by Crippen LogP contribution is -2.10. The lowest BCUT2D eigenvalue weighted by molar-refractivity contribution is -0.135. The fraction of sp³-hybridized carbons (Fsp3) is 0.462. The Balaban J connectivity index is 2.29. The summed E-state index contributed by atoms with van der Waals surface area (Å²) < 4.78 is 43.5. The normalized spacial score (nSPS) is 12.1. The van der Waals surface area contributed by atoms with E-state index in [4.69, 9.17) is 16.3 Å². The van der Waals surface area contributed by atoms with Crippen LogP contribution in [0.5, 0.6) is 5.75 Å². The number of alkyl halides is 4. The van der Waals surface area contributed by atoms with E-state index in [9.17, 15) is 13.2 Å². The van der Waals surface area contributed by atoms with Crippen LogP contribution >= 0.6 is 11.6 Å². The van der Waals surface area contributed by atoms with E-state index >= 15 is 0 Å². The molecule has 0 atom stereocenters. The molecule has 3 nitrogen and oxygen atoms in total. The summed E-state index contributed by atoms with van der Waals surface area (Å²) in [6.45, 7) is 0.227.